The molecular formula is C22H26N4S2. The molecule has 2 rings (SSSR count). The van der Waals surface area contributed by atoms with Gasteiger partial charge in [0, 0.05) is 11.4 Å². The third-order valence-electron chi connectivity index (χ3n) is 5.17. The van der Waals surface area contributed by atoms with Crippen molar-refractivity contribution in [2.75, 3.05) is 11.5 Å². The van der Waals surface area contributed by atoms with Crippen LogP contribution in [0.1, 0.15) is 57.6 Å². The molecule has 0 unspecified atom stereocenters. The minimum atomic E-state index is 0.705. The first-order chi connectivity index (χ1) is 13.3. The van der Waals surface area contributed by atoms with Crippen molar-refractivity contribution in [3.8, 4) is 12.1 Å². The van der Waals surface area contributed by atoms with Crippen LogP contribution in [-0.4, -0.2) is 21.5 Å². The number of thioether (sulfide) groups is 2. The molecule has 0 amide bonds. The highest BCUT2D eigenvalue weighted by molar-refractivity contribution is 7.99. The standard InChI is InChI=1S/C22H26N4S2/c1-13-15(3)19(11-23)21(25-17(13)5)27-9-7-8-10-28-22-20(12-24)16(4)14(2)18(6)26-22/h7-10H2,1-6H3. The lowest BCUT2D eigenvalue weighted by molar-refractivity contribution is 0.899. The van der Waals surface area contributed by atoms with Gasteiger partial charge >= 0.3 is 0 Å². The molecule has 28 heavy (non-hydrogen) atoms. The molecule has 0 spiro atoms. The fourth-order valence-electron chi connectivity index (χ4n) is 2.84. The second-order valence-corrected chi connectivity index (χ2v) is 9.05. The molecule has 0 aliphatic heterocycles. The Morgan fingerprint density at radius 3 is 1.32 bits per heavy atom. The normalized spacial score (nSPS) is 10.6. The first kappa shape index (κ1) is 22.3. The summed E-state index contributed by atoms with van der Waals surface area (Å²) in [5, 5.41) is 20.6. The predicted molar refractivity (Wildman–Crippen MR) is 117 cm³/mol. The predicted octanol–water partition coefficient (Wildman–Crippen LogP) is 5.74. The zero-order chi connectivity index (χ0) is 20.8. The summed E-state index contributed by atoms with van der Waals surface area (Å²) in [7, 11) is 0. The van der Waals surface area contributed by atoms with Crippen molar-refractivity contribution in [2.45, 2.75) is 64.4 Å². The summed E-state index contributed by atoms with van der Waals surface area (Å²) in [6.45, 7) is 12.0. The molecule has 6 heteroatoms. The maximum absolute atomic E-state index is 9.46. The molecule has 146 valence electrons. The highest BCUT2D eigenvalue weighted by atomic mass is 32.2. The van der Waals surface area contributed by atoms with Gasteiger partial charge in [0.25, 0.3) is 0 Å². The van der Waals surface area contributed by atoms with Gasteiger partial charge in [-0.25, -0.2) is 9.97 Å². The van der Waals surface area contributed by atoms with Crippen LogP contribution in [0.3, 0.4) is 0 Å². The van der Waals surface area contributed by atoms with Crippen molar-refractivity contribution in [2.24, 2.45) is 0 Å². The number of rotatable bonds is 7. The van der Waals surface area contributed by atoms with E-state index in [-0.39, 0.29) is 0 Å². The molecule has 2 heterocycles. The number of aryl methyl sites for hydroxylation is 2. The smallest absolute Gasteiger partial charge is 0.114 e. The summed E-state index contributed by atoms with van der Waals surface area (Å²) in [6.07, 6.45) is 2.06. The average molecular weight is 411 g/mol. The van der Waals surface area contributed by atoms with E-state index in [4.69, 9.17) is 0 Å². The number of nitriles is 2. The van der Waals surface area contributed by atoms with Gasteiger partial charge in [0.05, 0.1) is 11.1 Å². The van der Waals surface area contributed by atoms with Gasteiger partial charge in [0.15, 0.2) is 0 Å². The maximum Gasteiger partial charge on any atom is 0.114 e. The van der Waals surface area contributed by atoms with Gasteiger partial charge in [-0.05, 0) is 88.1 Å². The summed E-state index contributed by atoms with van der Waals surface area (Å²) in [6, 6.07) is 4.61. The molecule has 0 atom stereocenters. The minimum absolute atomic E-state index is 0.705. The Morgan fingerprint density at radius 1 is 0.643 bits per heavy atom. The van der Waals surface area contributed by atoms with Gasteiger partial charge in [0.2, 0.25) is 0 Å². The molecule has 0 bridgehead atoms. The lowest BCUT2D eigenvalue weighted by atomic mass is 10.1. The van der Waals surface area contributed by atoms with Crippen LogP contribution in [0.25, 0.3) is 0 Å². The van der Waals surface area contributed by atoms with Crippen LogP contribution < -0.4 is 0 Å². The Kier molecular flexibility index (Phi) is 7.92. The number of nitrogens with zero attached hydrogens (tertiary/aromatic N) is 4. The highest BCUT2D eigenvalue weighted by Gasteiger charge is 2.14. The Bertz CT molecular complexity index is 889. The fraction of sp³-hybridized carbons (Fsp3) is 0.455. The van der Waals surface area contributed by atoms with Crippen LogP contribution in [-0.2, 0) is 0 Å². The molecular weight excluding hydrogens is 384 g/mol. The molecule has 0 fully saturated rings. The van der Waals surface area contributed by atoms with Crippen LogP contribution in [0.4, 0.5) is 0 Å². The summed E-state index contributed by atoms with van der Waals surface area (Å²) < 4.78 is 0. The Balaban J connectivity index is 1.91. The van der Waals surface area contributed by atoms with Crippen LogP contribution in [0, 0.1) is 64.2 Å². The molecule has 0 aromatic carbocycles. The molecule has 2 aromatic heterocycles. The monoisotopic (exact) mass is 410 g/mol. The number of hydrogen-bond acceptors (Lipinski definition) is 6. The summed E-state index contributed by atoms with van der Waals surface area (Å²) in [5.41, 5.74) is 7.67. The van der Waals surface area contributed by atoms with E-state index in [9.17, 15) is 10.5 Å². The topological polar surface area (TPSA) is 73.4 Å². The Hall–Kier alpha value is -2.02. The average Bonchev–Trinajstić information content (AvgIpc) is 2.67. The van der Waals surface area contributed by atoms with Crippen molar-refractivity contribution in [1.29, 1.82) is 10.5 Å². The second kappa shape index (κ2) is 9.96. The number of pyridine rings is 2. The zero-order valence-electron chi connectivity index (χ0n) is 17.4. The molecule has 0 radical (unpaired) electrons. The highest BCUT2D eigenvalue weighted by Crippen LogP contribution is 2.29. The van der Waals surface area contributed by atoms with E-state index in [1.54, 1.807) is 23.5 Å². The number of aromatic nitrogens is 2. The van der Waals surface area contributed by atoms with E-state index in [0.29, 0.717) is 11.1 Å². The van der Waals surface area contributed by atoms with E-state index in [1.807, 2.05) is 41.5 Å². The lowest BCUT2D eigenvalue weighted by Crippen LogP contribution is -2.00. The Labute approximate surface area is 176 Å². The van der Waals surface area contributed by atoms with Crippen LogP contribution >= 0.6 is 23.5 Å². The van der Waals surface area contributed by atoms with E-state index < -0.39 is 0 Å². The molecule has 0 saturated carbocycles. The summed E-state index contributed by atoms with van der Waals surface area (Å²) in [4.78, 5) is 9.22. The maximum atomic E-state index is 9.46. The van der Waals surface area contributed by atoms with Gasteiger partial charge < -0.3 is 0 Å². The van der Waals surface area contributed by atoms with E-state index in [1.165, 1.54) is 0 Å². The van der Waals surface area contributed by atoms with Crippen LogP contribution in [0.2, 0.25) is 0 Å². The van der Waals surface area contributed by atoms with E-state index in [0.717, 1.165) is 68.0 Å². The quantitative estimate of drug-likeness (QED) is 0.428. The zero-order valence-corrected chi connectivity index (χ0v) is 19.1. The SMILES string of the molecule is Cc1nc(SCCCCSc2nc(C)c(C)c(C)c2C#N)c(C#N)c(C)c1C. The van der Waals surface area contributed by atoms with Crippen molar-refractivity contribution < 1.29 is 0 Å². The van der Waals surface area contributed by atoms with Crippen molar-refractivity contribution in [3.05, 3.63) is 44.8 Å². The van der Waals surface area contributed by atoms with Crippen molar-refractivity contribution >= 4 is 23.5 Å². The number of unbranched alkanes of at least 4 members (excludes halogenated alkanes) is 1. The van der Waals surface area contributed by atoms with Gasteiger partial charge in [-0.15, -0.1) is 23.5 Å². The first-order valence-corrected chi connectivity index (χ1v) is 11.3. The first-order valence-electron chi connectivity index (χ1n) is 9.33. The molecule has 0 aliphatic rings. The third kappa shape index (κ3) is 4.87. The van der Waals surface area contributed by atoms with Crippen molar-refractivity contribution in [3.63, 3.8) is 0 Å². The van der Waals surface area contributed by atoms with Gasteiger partial charge in [0.1, 0.15) is 22.2 Å². The Morgan fingerprint density at radius 2 is 1.00 bits per heavy atom. The third-order valence-corrected chi connectivity index (χ3v) is 7.29. The lowest BCUT2D eigenvalue weighted by Gasteiger charge is -2.12. The summed E-state index contributed by atoms with van der Waals surface area (Å²) >= 11 is 3.32. The molecule has 2 aromatic rings. The van der Waals surface area contributed by atoms with E-state index in [2.05, 4.69) is 22.1 Å². The molecule has 0 N–H and O–H groups in total. The van der Waals surface area contributed by atoms with Crippen molar-refractivity contribution in [1.82, 2.24) is 9.97 Å². The largest absolute Gasteiger partial charge is 0.245 e. The second-order valence-electron chi connectivity index (χ2n) is 6.88. The fourth-order valence-corrected chi connectivity index (χ4v) is 5.01. The summed E-state index contributed by atoms with van der Waals surface area (Å²) in [5.74, 6) is 1.85. The number of hydrogen-bond donors (Lipinski definition) is 0. The molecule has 0 saturated heterocycles. The van der Waals surface area contributed by atoms with Gasteiger partial charge in [-0.1, -0.05) is 0 Å². The minimum Gasteiger partial charge on any atom is -0.245 e. The van der Waals surface area contributed by atoms with Gasteiger partial charge in [-0.3, -0.25) is 0 Å². The van der Waals surface area contributed by atoms with Crippen LogP contribution in [0.5, 0.6) is 0 Å². The molecule has 0 aliphatic carbocycles. The van der Waals surface area contributed by atoms with E-state index >= 15 is 0 Å². The molecule has 4 nitrogen and oxygen atoms in total. The van der Waals surface area contributed by atoms with Crippen LogP contribution in [0.15, 0.2) is 10.1 Å². The van der Waals surface area contributed by atoms with Gasteiger partial charge in [-0.2, -0.15) is 10.5 Å².